The van der Waals surface area contributed by atoms with Crippen LogP contribution in [0.25, 0.3) is 10.9 Å². The van der Waals surface area contributed by atoms with Crippen molar-refractivity contribution in [1.82, 2.24) is 14.2 Å². The number of aromatic nitrogens is 1. The van der Waals surface area contributed by atoms with Crippen LogP contribution in [0.2, 0.25) is 0 Å². The molecule has 3 aromatic rings. The normalized spacial score (nSPS) is 17.8. The molecule has 38 heavy (non-hydrogen) atoms. The highest BCUT2D eigenvalue weighted by Gasteiger charge is 2.44. The monoisotopic (exact) mass is 556 g/mol. The summed E-state index contributed by atoms with van der Waals surface area (Å²) in [5, 5.41) is 3.00. The molecule has 1 aliphatic heterocycles. The van der Waals surface area contributed by atoms with Gasteiger partial charge >= 0.3 is 5.97 Å². The molecule has 200 valence electrons. The largest absolute Gasteiger partial charge is 0.462 e. The van der Waals surface area contributed by atoms with E-state index in [1.165, 1.54) is 36.3 Å². The lowest BCUT2D eigenvalue weighted by Gasteiger charge is -2.27. The number of benzene rings is 2. The van der Waals surface area contributed by atoms with Gasteiger partial charge in [-0.25, -0.2) is 13.2 Å². The van der Waals surface area contributed by atoms with Crippen LogP contribution >= 0.6 is 12.6 Å². The zero-order chi connectivity index (χ0) is 27.4. The van der Waals surface area contributed by atoms with E-state index in [2.05, 4.69) is 22.9 Å². The van der Waals surface area contributed by atoms with Gasteiger partial charge in [0.2, 0.25) is 21.8 Å². The molecule has 2 amide bonds. The Morgan fingerprint density at radius 2 is 1.84 bits per heavy atom. The van der Waals surface area contributed by atoms with Gasteiger partial charge in [-0.1, -0.05) is 18.2 Å². The van der Waals surface area contributed by atoms with Crippen LogP contribution in [0.5, 0.6) is 0 Å². The summed E-state index contributed by atoms with van der Waals surface area (Å²) >= 11 is 4.46. The highest BCUT2D eigenvalue weighted by molar-refractivity contribution is 7.89. The molecule has 0 saturated carbocycles. The van der Waals surface area contributed by atoms with Gasteiger partial charge in [-0.05, 0) is 49.7 Å². The topological polar surface area (TPSA) is 126 Å². The number of likely N-dealkylation sites (N-methyl/N-ethyl adjacent to an activating group) is 1. The van der Waals surface area contributed by atoms with Gasteiger partial charge in [-0.2, -0.15) is 16.9 Å². The first kappa shape index (κ1) is 27.6. The van der Waals surface area contributed by atoms with Crippen LogP contribution in [-0.2, 0) is 24.3 Å². The fourth-order valence-corrected chi connectivity index (χ4v) is 6.63. The number of fused-ring (bicyclic) bond motifs is 1. The van der Waals surface area contributed by atoms with E-state index in [-0.39, 0.29) is 36.3 Å². The molecule has 1 aromatic heterocycles. The van der Waals surface area contributed by atoms with Crippen molar-refractivity contribution in [3.63, 3.8) is 0 Å². The summed E-state index contributed by atoms with van der Waals surface area (Å²) in [6.07, 6.45) is 1.73. The number of hydrogen-bond donors (Lipinski definition) is 2. The summed E-state index contributed by atoms with van der Waals surface area (Å²) in [7, 11) is -2.64. The Morgan fingerprint density at radius 1 is 1.13 bits per heavy atom. The first-order valence-corrected chi connectivity index (χ1v) is 13.9. The van der Waals surface area contributed by atoms with Crippen LogP contribution < -0.4 is 5.32 Å². The SMILES string of the molecule is CCOC(=O)c1ccc(NC(=O)CN(C)C(=O)C2CC(S)CN2S(=O)(=O)c2cccc3cccnc23)cc1. The van der Waals surface area contributed by atoms with Crippen molar-refractivity contribution in [3.8, 4) is 0 Å². The summed E-state index contributed by atoms with van der Waals surface area (Å²) in [5.41, 5.74) is 1.11. The van der Waals surface area contributed by atoms with E-state index in [0.717, 1.165) is 4.31 Å². The van der Waals surface area contributed by atoms with Gasteiger partial charge in [0.05, 0.1) is 24.2 Å². The summed E-state index contributed by atoms with van der Waals surface area (Å²) in [4.78, 5) is 43.2. The minimum Gasteiger partial charge on any atom is -0.462 e. The number of anilines is 1. The summed E-state index contributed by atoms with van der Waals surface area (Å²) in [6, 6.07) is 13.5. The number of thiol groups is 1. The van der Waals surface area contributed by atoms with E-state index < -0.39 is 33.8 Å². The number of sulfonamides is 1. The second-order valence-corrected chi connectivity index (χ2v) is 11.4. The lowest BCUT2D eigenvalue weighted by molar-refractivity contribution is -0.136. The van der Waals surface area contributed by atoms with E-state index in [1.54, 1.807) is 43.3 Å². The van der Waals surface area contributed by atoms with Crippen LogP contribution in [0.15, 0.2) is 65.7 Å². The quantitative estimate of drug-likeness (QED) is 0.323. The van der Waals surface area contributed by atoms with Gasteiger partial charge in [0.25, 0.3) is 0 Å². The highest BCUT2D eigenvalue weighted by Crippen LogP contribution is 2.32. The molecule has 1 fully saturated rings. The van der Waals surface area contributed by atoms with Gasteiger partial charge < -0.3 is 15.0 Å². The Labute approximate surface area is 226 Å². The Balaban J connectivity index is 1.46. The minimum atomic E-state index is -4.08. The maximum atomic E-state index is 13.7. The van der Waals surface area contributed by atoms with Gasteiger partial charge in [-0.3, -0.25) is 14.6 Å². The van der Waals surface area contributed by atoms with Gasteiger partial charge in [0.1, 0.15) is 10.9 Å². The Kier molecular flexibility index (Phi) is 8.34. The summed E-state index contributed by atoms with van der Waals surface area (Å²) < 4.78 is 33.5. The molecule has 0 aliphatic carbocycles. The number of rotatable bonds is 8. The zero-order valence-corrected chi connectivity index (χ0v) is 22.6. The molecule has 0 spiro atoms. The Morgan fingerprint density at radius 3 is 2.55 bits per heavy atom. The van der Waals surface area contributed by atoms with Crippen molar-refractivity contribution in [1.29, 1.82) is 0 Å². The van der Waals surface area contributed by atoms with Crippen LogP contribution in [0.1, 0.15) is 23.7 Å². The van der Waals surface area contributed by atoms with Crippen LogP contribution in [0, 0.1) is 0 Å². The number of hydrogen-bond acceptors (Lipinski definition) is 8. The molecule has 1 N–H and O–H groups in total. The molecule has 2 aromatic carbocycles. The zero-order valence-electron chi connectivity index (χ0n) is 20.9. The van der Waals surface area contributed by atoms with E-state index in [4.69, 9.17) is 4.74 Å². The minimum absolute atomic E-state index is 0.0162. The fourth-order valence-electron chi connectivity index (χ4n) is 4.34. The average molecular weight is 557 g/mol. The first-order valence-electron chi connectivity index (χ1n) is 12.0. The van der Waals surface area contributed by atoms with Crippen molar-refractivity contribution in [2.24, 2.45) is 0 Å². The number of nitrogens with one attached hydrogen (secondary N) is 1. The molecule has 10 nitrogen and oxygen atoms in total. The van der Waals surface area contributed by atoms with Gasteiger partial charge in [0, 0.05) is 36.1 Å². The van der Waals surface area contributed by atoms with Crippen molar-refractivity contribution in [3.05, 3.63) is 66.4 Å². The predicted molar refractivity (Wildman–Crippen MR) is 145 cm³/mol. The first-order chi connectivity index (χ1) is 18.1. The third kappa shape index (κ3) is 5.82. The number of pyridine rings is 1. The number of nitrogens with zero attached hydrogens (tertiary/aromatic N) is 3. The van der Waals surface area contributed by atoms with E-state index in [9.17, 15) is 22.8 Å². The molecule has 12 heteroatoms. The molecule has 2 heterocycles. The summed E-state index contributed by atoms with van der Waals surface area (Å²) in [6.45, 7) is 1.72. The van der Waals surface area contributed by atoms with Crippen LogP contribution in [-0.4, -0.2) is 78.4 Å². The van der Waals surface area contributed by atoms with Crippen molar-refractivity contribution in [2.45, 2.75) is 29.5 Å². The lowest BCUT2D eigenvalue weighted by Crippen LogP contribution is -2.48. The molecular formula is C26H28N4O6S2. The smallest absolute Gasteiger partial charge is 0.338 e. The number of carbonyl (C=O) groups is 3. The highest BCUT2D eigenvalue weighted by atomic mass is 32.2. The molecule has 0 bridgehead atoms. The van der Waals surface area contributed by atoms with Gasteiger partial charge in [0.15, 0.2) is 0 Å². The summed E-state index contributed by atoms with van der Waals surface area (Å²) in [5.74, 6) is -1.45. The molecular weight excluding hydrogens is 528 g/mol. The predicted octanol–water partition coefficient (Wildman–Crippen LogP) is 2.57. The number of carbonyl (C=O) groups excluding carboxylic acids is 3. The number of esters is 1. The second-order valence-electron chi connectivity index (χ2n) is 8.85. The van der Waals surface area contributed by atoms with Gasteiger partial charge in [-0.15, -0.1) is 0 Å². The third-order valence-corrected chi connectivity index (χ3v) is 8.42. The Hall–Kier alpha value is -3.48. The van der Waals surface area contributed by atoms with E-state index in [1.807, 2.05) is 0 Å². The molecule has 0 radical (unpaired) electrons. The lowest BCUT2D eigenvalue weighted by atomic mass is 10.2. The van der Waals surface area contributed by atoms with Crippen molar-refractivity contribution >= 4 is 57.0 Å². The standard InChI is InChI=1S/C26H28N4O6S2/c1-3-36-26(33)18-9-11-19(12-10-18)28-23(31)16-29(2)25(32)21-14-20(37)15-30(21)38(34,35)22-8-4-6-17-7-5-13-27-24(17)22/h4-13,20-21,37H,3,14-16H2,1-2H3,(H,28,31). The van der Waals surface area contributed by atoms with E-state index >= 15 is 0 Å². The fraction of sp³-hybridized carbons (Fsp3) is 0.308. The van der Waals surface area contributed by atoms with Crippen molar-refractivity contribution in [2.75, 3.05) is 32.1 Å². The molecule has 1 aliphatic rings. The number of para-hydroxylation sites is 1. The number of ether oxygens (including phenoxy) is 1. The third-order valence-electron chi connectivity index (χ3n) is 6.14. The molecule has 1 saturated heterocycles. The molecule has 4 rings (SSSR count). The average Bonchev–Trinajstić information content (AvgIpc) is 3.30. The maximum absolute atomic E-state index is 13.7. The number of amides is 2. The van der Waals surface area contributed by atoms with E-state index in [0.29, 0.717) is 22.2 Å². The molecule has 2 unspecified atom stereocenters. The van der Waals surface area contributed by atoms with Crippen LogP contribution in [0.4, 0.5) is 5.69 Å². The Bertz CT molecular complexity index is 1460. The van der Waals surface area contributed by atoms with Crippen molar-refractivity contribution < 1.29 is 27.5 Å². The molecule has 2 atom stereocenters. The van der Waals surface area contributed by atoms with Crippen LogP contribution in [0.3, 0.4) is 0 Å². The second kappa shape index (κ2) is 11.5. The maximum Gasteiger partial charge on any atom is 0.338 e.